The molecule has 2 N–H and O–H groups in total. The van der Waals surface area contributed by atoms with Crippen LogP contribution in [0, 0.1) is 5.92 Å². The molecule has 3 atom stereocenters. The Morgan fingerprint density at radius 2 is 2.10 bits per heavy atom. The van der Waals surface area contributed by atoms with E-state index in [-0.39, 0.29) is 11.6 Å². The van der Waals surface area contributed by atoms with Crippen molar-refractivity contribution in [3.05, 3.63) is 29.8 Å². The van der Waals surface area contributed by atoms with E-state index in [0.717, 1.165) is 44.8 Å². The van der Waals surface area contributed by atoms with Gasteiger partial charge in [0.1, 0.15) is 5.75 Å². The largest absolute Gasteiger partial charge is 0.497 e. The summed E-state index contributed by atoms with van der Waals surface area (Å²) >= 11 is 0. The fourth-order valence-corrected chi connectivity index (χ4v) is 3.33. The predicted octanol–water partition coefficient (Wildman–Crippen LogP) is 2.28. The standard InChI is InChI=1S/C16H23NO3/c1-18-14-4-2-12(3-5-14)15(17)13-6-8-20-16(10-13)7-9-19-11-16/h2-5,13,15H,6-11,17H2,1H3. The topological polar surface area (TPSA) is 53.7 Å². The number of methoxy groups -OCH3 is 1. The van der Waals surface area contributed by atoms with Gasteiger partial charge in [0.2, 0.25) is 0 Å². The molecule has 0 aromatic heterocycles. The number of ether oxygens (including phenoxy) is 3. The van der Waals surface area contributed by atoms with E-state index < -0.39 is 0 Å². The number of benzene rings is 1. The summed E-state index contributed by atoms with van der Waals surface area (Å²) in [5.74, 6) is 1.33. The highest BCUT2D eigenvalue weighted by Crippen LogP contribution is 2.40. The van der Waals surface area contributed by atoms with Gasteiger partial charge in [-0.25, -0.2) is 0 Å². The van der Waals surface area contributed by atoms with E-state index in [4.69, 9.17) is 19.9 Å². The lowest BCUT2D eigenvalue weighted by Crippen LogP contribution is -2.43. The van der Waals surface area contributed by atoms with Crippen LogP contribution in [0.5, 0.6) is 5.75 Å². The number of rotatable bonds is 3. The molecule has 0 bridgehead atoms. The first kappa shape index (κ1) is 13.9. The molecule has 3 rings (SSSR count). The molecule has 2 aliphatic rings. The first-order valence-electron chi connectivity index (χ1n) is 7.34. The van der Waals surface area contributed by atoms with E-state index in [1.807, 2.05) is 12.1 Å². The van der Waals surface area contributed by atoms with Crippen LogP contribution in [0.25, 0.3) is 0 Å². The summed E-state index contributed by atoms with van der Waals surface area (Å²) in [6.07, 6.45) is 3.02. The molecular formula is C16H23NO3. The second-order valence-corrected chi connectivity index (χ2v) is 5.89. The third-order valence-corrected chi connectivity index (χ3v) is 4.61. The molecule has 2 saturated heterocycles. The van der Waals surface area contributed by atoms with Crippen molar-refractivity contribution in [3.8, 4) is 5.75 Å². The molecule has 4 heteroatoms. The van der Waals surface area contributed by atoms with Gasteiger partial charge in [0, 0.05) is 25.7 Å². The maximum absolute atomic E-state index is 6.47. The summed E-state index contributed by atoms with van der Waals surface area (Å²) in [7, 11) is 1.68. The quantitative estimate of drug-likeness (QED) is 0.921. The molecule has 1 aromatic carbocycles. The molecule has 0 radical (unpaired) electrons. The third kappa shape index (κ3) is 2.68. The maximum atomic E-state index is 6.47. The molecule has 2 fully saturated rings. The number of nitrogens with two attached hydrogens (primary N) is 1. The molecule has 2 aliphatic heterocycles. The fraction of sp³-hybridized carbons (Fsp3) is 0.625. The van der Waals surface area contributed by atoms with E-state index in [2.05, 4.69) is 12.1 Å². The summed E-state index contributed by atoms with van der Waals surface area (Å²) in [6.45, 7) is 2.32. The van der Waals surface area contributed by atoms with Crippen molar-refractivity contribution in [2.75, 3.05) is 26.9 Å². The minimum absolute atomic E-state index is 0.0577. The highest BCUT2D eigenvalue weighted by atomic mass is 16.6. The van der Waals surface area contributed by atoms with E-state index in [0.29, 0.717) is 5.92 Å². The van der Waals surface area contributed by atoms with Gasteiger partial charge in [-0.15, -0.1) is 0 Å². The Morgan fingerprint density at radius 1 is 1.30 bits per heavy atom. The van der Waals surface area contributed by atoms with Crippen LogP contribution in [0.4, 0.5) is 0 Å². The lowest BCUT2D eigenvalue weighted by Gasteiger charge is -2.39. The van der Waals surface area contributed by atoms with E-state index in [9.17, 15) is 0 Å². The van der Waals surface area contributed by atoms with Gasteiger partial charge in [0.05, 0.1) is 19.3 Å². The smallest absolute Gasteiger partial charge is 0.118 e. The van der Waals surface area contributed by atoms with Crippen LogP contribution in [0.3, 0.4) is 0 Å². The van der Waals surface area contributed by atoms with Crippen LogP contribution in [0.2, 0.25) is 0 Å². The van der Waals surface area contributed by atoms with Crippen molar-refractivity contribution in [1.82, 2.24) is 0 Å². The van der Waals surface area contributed by atoms with Gasteiger partial charge >= 0.3 is 0 Å². The molecule has 0 saturated carbocycles. The first-order chi connectivity index (χ1) is 9.72. The SMILES string of the molecule is COc1ccc(C(N)C2CCOC3(CCOC3)C2)cc1. The number of hydrogen-bond donors (Lipinski definition) is 1. The fourth-order valence-electron chi connectivity index (χ4n) is 3.33. The van der Waals surface area contributed by atoms with Gasteiger partial charge < -0.3 is 19.9 Å². The molecule has 4 nitrogen and oxygen atoms in total. The molecule has 0 amide bonds. The van der Waals surface area contributed by atoms with Crippen LogP contribution >= 0.6 is 0 Å². The van der Waals surface area contributed by atoms with Crippen molar-refractivity contribution in [2.24, 2.45) is 11.7 Å². The van der Waals surface area contributed by atoms with E-state index >= 15 is 0 Å². The molecule has 110 valence electrons. The lowest BCUT2D eigenvalue weighted by atomic mass is 9.79. The van der Waals surface area contributed by atoms with Gasteiger partial charge in [0.15, 0.2) is 0 Å². The van der Waals surface area contributed by atoms with Crippen molar-refractivity contribution in [2.45, 2.75) is 30.9 Å². The molecule has 1 aromatic rings. The molecule has 0 aliphatic carbocycles. The number of hydrogen-bond acceptors (Lipinski definition) is 4. The molecule has 20 heavy (non-hydrogen) atoms. The first-order valence-corrected chi connectivity index (χ1v) is 7.34. The van der Waals surface area contributed by atoms with Gasteiger partial charge in [-0.3, -0.25) is 0 Å². The second-order valence-electron chi connectivity index (χ2n) is 5.89. The lowest BCUT2D eigenvalue weighted by molar-refractivity contribution is -0.101. The van der Waals surface area contributed by atoms with Crippen molar-refractivity contribution >= 4 is 0 Å². The maximum Gasteiger partial charge on any atom is 0.118 e. The Kier molecular flexibility index (Phi) is 3.96. The highest BCUT2D eigenvalue weighted by Gasteiger charge is 2.42. The Balaban J connectivity index is 1.70. The van der Waals surface area contributed by atoms with Gasteiger partial charge in [0.25, 0.3) is 0 Å². The summed E-state index contributed by atoms with van der Waals surface area (Å²) in [5.41, 5.74) is 7.57. The Hall–Kier alpha value is -1.10. The monoisotopic (exact) mass is 277 g/mol. The van der Waals surface area contributed by atoms with Crippen LogP contribution in [-0.2, 0) is 9.47 Å². The van der Waals surface area contributed by atoms with Gasteiger partial charge in [-0.05, 0) is 36.5 Å². The highest BCUT2D eigenvalue weighted by molar-refractivity contribution is 5.29. The summed E-state index contributed by atoms with van der Waals surface area (Å²) < 4.78 is 16.7. The van der Waals surface area contributed by atoms with Crippen LogP contribution in [0.1, 0.15) is 30.9 Å². The normalized spacial score (nSPS) is 31.4. The summed E-state index contributed by atoms with van der Waals surface area (Å²) in [6, 6.07) is 8.14. The molecule has 3 unspecified atom stereocenters. The zero-order valence-electron chi connectivity index (χ0n) is 12.0. The van der Waals surface area contributed by atoms with E-state index in [1.165, 1.54) is 5.56 Å². The minimum atomic E-state index is -0.0764. The second kappa shape index (κ2) is 5.72. The van der Waals surface area contributed by atoms with Crippen molar-refractivity contribution in [1.29, 1.82) is 0 Å². The molecule has 2 heterocycles. The van der Waals surface area contributed by atoms with Gasteiger partial charge in [-0.2, -0.15) is 0 Å². The summed E-state index contributed by atoms with van der Waals surface area (Å²) in [5, 5.41) is 0. The van der Waals surface area contributed by atoms with E-state index in [1.54, 1.807) is 7.11 Å². The molecular weight excluding hydrogens is 254 g/mol. The van der Waals surface area contributed by atoms with Crippen molar-refractivity contribution < 1.29 is 14.2 Å². The van der Waals surface area contributed by atoms with Crippen LogP contribution < -0.4 is 10.5 Å². The Labute approximate surface area is 120 Å². The Morgan fingerprint density at radius 3 is 2.75 bits per heavy atom. The average Bonchev–Trinajstić information content (AvgIpc) is 2.94. The summed E-state index contributed by atoms with van der Waals surface area (Å²) in [4.78, 5) is 0. The molecule has 1 spiro atoms. The minimum Gasteiger partial charge on any atom is -0.497 e. The van der Waals surface area contributed by atoms with Crippen molar-refractivity contribution in [3.63, 3.8) is 0 Å². The zero-order valence-corrected chi connectivity index (χ0v) is 12.0. The third-order valence-electron chi connectivity index (χ3n) is 4.61. The van der Waals surface area contributed by atoms with Gasteiger partial charge in [-0.1, -0.05) is 12.1 Å². The zero-order chi connectivity index (χ0) is 14.0. The van der Waals surface area contributed by atoms with Crippen LogP contribution in [0.15, 0.2) is 24.3 Å². The average molecular weight is 277 g/mol. The van der Waals surface area contributed by atoms with Crippen LogP contribution in [-0.4, -0.2) is 32.5 Å². The Bertz CT molecular complexity index is 440. The predicted molar refractivity (Wildman–Crippen MR) is 76.8 cm³/mol.